The molecule has 0 unspecified atom stereocenters. The lowest BCUT2D eigenvalue weighted by atomic mass is 9.92. The van der Waals surface area contributed by atoms with Crippen molar-refractivity contribution in [2.24, 2.45) is 0 Å². The van der Waals surface area contributed by atoms with E-state index in [9.17, 15) is 9.59 Å². The minimum atomic E-state index is -0.678. The van der Waals surface area contributed by atoms with Crippen molar-refractivity contribution >= 4 is 28.3 Å². The highest BCUT2D eigenvalue weighted by molar-refractivity contribution is 6.48. The van der Waals surface area contributed by atoms with Crippen LogP contribution in [0.25, 0.3) is 16.5 Å². The summed E-state index contributed by atoms with van der Waals surface area (Å²) in [4.78, 5) is 29.3. The zero-order chi connectivity index (χ0) is 27.6. The van der Waals surface area contributed by atoms with E-state index in [1.54, 1.807) is 10.7 Å². The second kappa shape index (κ2) is 11.1. The number of fused-ring (bicyclic) bond motifs is 1. The van der Waals surface area contributed by atoms with Crippen LogP contribution in [0.1, 0.15) is 48.0 Å². The van der Waals surface area contributed by atoms with Gasteiger partial charge in [-0.25, -0.2) is 4.68 Å². The van der Waals surface area contributed by atoms with Gasteiger partial charge in [0.15, 0.2) is 0 Å². The van der Waals surface area contributed by atoms with Crippen molar-refractivity contribution in [3.05, 3.63) is 89.1 Å². The Morgan fingerprint density at radius 2 is 1.64 bits per heavy atom. The van der Waals surface area contributed by atoms with Gasteiger partial charge in [0, 0.05) is 49.8 Å². The fraction of sp³-hybridized carbons (Fsp3) is 0.344. The zero-order valence-electron chi connectivity index (χ0n) is 23.3. The Morgan fingerprint density at radius 3 is 2.33 bits per heavy atom. The van der Waals surface area contributed by atoms with Crippen molar-refractivity contribution in [2.45, 2.75) is 39.5 Å². The van der Waals surface area contributed by atoms with E-state index in [1.165, 1.54) is 5.56 Å². The summed E-state index contributed by atoms with van der Waals surface area (Å²) in [6, 6.07) is 21.4. The summed E-state index contributed by atoms with van der Waals surface area (Å²) in [7, 11) is 0. The van der Waals surface area contributed by atoms with Crippen molar-refractivity contribution in [3.8, 4) is 5.69 Å². The molecule has 7 heteroatoms. The van der Waals surface area contributed by atoms with Gasteiger partial charge in [0.1, 0.15) is 5.82 Å². The molecule has 1 aromatic heterocycles. The molecule has 1 amide bonds. The molecule has 39 heavy (non-hydrogen) atoms. The van der Waals surface area contributed by atoms with Crippen LogP contribution in [0.3, 0.4) is 0 Å². The Labute approximate surface area is 230 Å². The lowest BCUT2D eigenvalue weighted by molar-refractivity contribution is -0.112. The Kier molecular flexibility index (Phi) is 7.64. The third kappa shape index (κ3) is 5.95. The van der Waals surface area contributed by atoms with Crippen molar-refractivity contribution in [1.82, 2.24) is 20.0 Å². The minimum Gasteiger partial charge on any atom is -0.314 e. The molecule has 0 radical (unpaired) electrons. The van der Waals surface area contributed by atoms with Crippen LogP contribution in [0.15, 0.2) is 66.7 Å². The van der Waals surface area contributed by atoms with Crippen LogP contribution in [-0.4, -0.2) is 59.1 Å². The summed E-state index contributed by atoms with van der Waals surface area (Å²) in [5, 5.41) is 12.8. The molecule has 0 bridgehead atoms. The molecule has 2 heterocycles. The molecule has 0 aliphatic carbocycles. The first-order valence-corrected chi connectivity index (χ1v) is 13.7. The molecule has 0 saturated carbocycles. The highest BCUT2D eigenvalue weighted by Crippen LogP contribution is 2.28. The van der Waals surface area contributed by atoms with Crippen molar-refractivity contribution < 1.29 is 9.59 Å². The van der Waals surface area contributed by atoms with Crippen LogP contribution in [0.4, 0.5) is 5.82 Å². The van der Waals surface area contributed by atoms with E-state index < -0.39 is 11.7 Å². The van der Waals surface area contributed by atoms with Gasteiger partial charge < -0.3 is 15.5 Å². The number of rotatable bonds is 7. The Hall–Kier alpha value is -3.81. The summed E-state index contributed by atoms with van der Waals surface area (Å²) in [5.41, 5.74) is 4.14. The predicted octanol–water partition coefficient (Wildman–Crippen LogP) is 4.90. The number of Topliss-reactive ketones (excluding diaryl/α,β-unsaturated/α-hetero) is 1. The van der Waals surface area contributed by atoms with Crippen molar-refractivity contribution in [2.75, 3.05) is 38.0 Å². The number of aromatic nitrogens is 2. The molecule has 4 aromatic rings. The minimum absolute atomic E-state index is 0.226. The highest BCUT2D eigenvalue weighted by atomic mass is 16.2. The van der Waals surface area contributed by atoms with Gasteiger partial charge in [0.2, 0.25) is 0 Å². The van der Waals surface area contributed by atoms with Crippen LogP contribution < -0.4 is 10.6 Å². The van der Waals surface area contributed by atoms with E-state index in [0.29, 0.717) is 11.4 Å². The first-order valence-electron chi connectivity index (χ1n) is 13.7. The maximum atomic E-state index is 13.5. The lowest BCUT2D eigenvalue weighted by Gasteiger charge is -2.27. The number of carbonyl (C=O) groups is 2. The number of ketones is 1. The molecular formula is C32H37N5O2. The summed E-state index contributed by atoms with van der Waals surface area (Å²) in [6.07, 6.45) is 0.895. The van der Waals surface area contributed by atoms with Gasteiger partial charge in [-0.1, -0.05) is 68.8 Å². The first-order chi connectivity index (χ1) is 18.7. The van der Waals surface area contributed by atoms with E-state index in [0.717, 1.165) is 66.9 Å². The predicted molar refractivity (Wildman–Crippen MR) is 157 cm³/mol. The summed E-state index contributed by atoms with van der Waals surface area (Å²) < 4.78 is 1.70. The average molecular weight is 524 g/mol. The first kappa shape index (κ1) is 26.8. The molecule has 3 aromatic carbocycles. The second-order valence-electron chi connectivity index (χ2n) is 11.4. The van der Waals surface area contributed by atoms with Crippen LogP contribution in [0, 0.1) is 6.92 Å². The topological polar surface area (TPSA) is 79.3 Å². The molecule has 0 spiro atoms. The van der Waals surface area contributed by atoms with Gasteiger partial charge in [-0.2, -0.15) is 5.10 Å². The van der Waals surface area contributed by atoms with Gasteiger partial charge in [-0.05, 0) is 47.9 Å². The molecule has 5 rings (SSSR count). The largest absolute Gasteiger partial charge is 0.314 e. The van der Waals surface area contributed by atoms with Crippen LogP contribution >= 0.6 is 0 Å². The van der Waals surface area contributed by atoms with Crippen LogP contribution in [0.2, 0.25) is 0 Å². The quantitative estimate of drug-likeness (QED) is 0.266. The molecular weight excluding hydrogens is 486 g/mol. The molecule has 202 valence electrons. The third-order valence-corrected chi connectivity index (χ3v) is 7.37. The van der Waals surface area contributed by atoms with Gasteiger partial charge in [0.25, 0.3) is 11.7 Å². The van der Waals surface area contributed by atoms with E-state index in [4.69, 9.17) is 5.10 Å². The number of anilines is 1. The molecule has 7 nitrogen and oxygen atoms in total. The normalized spacial score (nSPS) is 14.5. The number of hydrogen-bond acceptors (Lipinski definition) is 5. The molecule has 1 aliphatic rings. The summed E-state index contributed by atoms with van der Waals surface area (Å²) >= 11 is 0. The maximum absolute atomic E-state index is 13.5. The highest BCUT2D eigenvalue weighted by Gasteiger charge is 2.25. The standard InChI is InChI=1S/C32H37N5O2/c1-22-9-12-24(13-10-22)37-29(21-28(35-37)32(2,3)4)34-31(39)30(38)27-14-11-23(25-7-5-6-8-26(25)27)15-18-36-19-16-33-17-20-36/h5-14,21,33H,15-20H2,1-4H3,(H,34,39). The third-order valence-electron chi connectivity index (χ3n) is 7.37. The molecule has 1 fully saturated rings. The van der Waals surface area contributed by atoms with E-state index in [-0.39, 0.29) is 5.41 Å². The monoisotopic (exact) mass is 523 g/mol. The fourth-order valence-electron chi connectivity index (χ4n) is 5.01. The SMILES string of the molecule is Cc1ccc(-n2nc(C(C)(C)C)cc2NC(=O)C(=O)c2ccc(CCN3CCNCC3)c3ccccc23)cc1. The Balaban J connectivity index is 1.41. The number of nitrogens with zero attached hydrogens (tertiary/aromatic N) is 3. The van der Waals surface area contributed by atoms with Crippen molar-refractivity contribution in [1.29, 1.82) is 0 Å². The van der Waals surface area contributed by atoms with Gasteiger partial charge in [-0.3, -0.25) is 9.59 Å². The molecule has 0 atom stereocenters. The average Bonchev–Trinajstić information content (AvgIpc) is 3.36. The Bertz CT molecular complexity index is 1490. The second-order valence-corrected chi connectivity index (χ2v) is 11.4. The van der Waals surface area contributed by atoms with E-state index >= 15 is 0 Å². The summed E-state index contributed by atoms with van der Waals surface area (Å²) in [6.45, 7) is 13.3. The number of amides is 1. The molecule has 1 saturated heterocycles. The number of hydrogen-bond donors (Lipinski definition) is 2. The number of benzene rings is 3. The number of carbonyl (C=O) groups excluding carboxylic acids is 2. The number of nitrogens with one attached hydrogen (secondary N) is 2. The van der Waals surface area contributed by atoms with Gasteiger partial charge >= 0.3 is 0 Å². The van der Waals surface area contributed by atoms with Gasteiger partial charge in [0.05, 0.1) is 11.4 Å². The summed E-state index contributed by atoms with van der Waals surface area (Å²) in [5.74, 6) is -0.768. The van der Waals surface area contributed by atoms with Crippen LogP contribution in [0.5, 0.6) is 0 Å². The van der Waals surface area contributed by atoms with Crippen molar-refractivity contribution in [3.63, 3.8) is 0 Å². The molecule has 1 aliphatic heterocycles. The number of piperazine rings is 1. The van der Waals surface area contributed by atoms with Gasteiger partial charge in [-0.15, -0.1) is 0 Å². The fourth-order valence-corrected chi connectivity index (χ4v) is 5.01. The van der Waals surface area contributed by atoms with E-state index in [1.807, 2.05) is 67.6 Å². The Morgan fingerprint density at radius 1 is 0.949 bits per heavy atom. The smallest absolute Gasteiger partial charge is 0.297 e. The molecule has 2 N–H and O–H groups in total. The zero-order valence-corrected chi connectivity index (χ0v) is 23.3. The number of aryl methyl sites for hydroxylation is 1. The van der Waals surface area contributed by atoms with E-state index in [2.05, 4.69) is 36.3 Å². The lowest BCUT2D eigenvalue weighted by Crippen LogP contribution is -2.44. The van der Waals surface area contributed by atoms with Crippen LogP contribution in [-0.2, 0) is 16.6 Å². The maximum Gasteiger partial charge on any atom is 0.297 e.